The number of Topliss-reactive ketones (excluding diaryl/α,β-unsaturated/α-hetero) is 1. The van der Waals surface area contributed by atoms with Crippen LogP contribution in [0.15, 0.2) is 34.5 Å². The van der Waals surface area contributed by atoms with Crippen molar-refractivity contribution in [2.24, 2.45) is 10.2 Å². The Morgan fingerprint density at radius 3 is 2.14 bits per heavy atom. The molecule has 11 heteroatoms. The third-order valence-corrected chi connectivity index (χ3v) is 5.06. The molecule has 0 aliphatic rings. The Morgan fingerprint density at radius 2 is 1.54 bits per heavy atom. The zero-order valence-electron chi connectivity index (χ0n) is 20.3. The smallest absolute Gasteiger partial charge is 0.258 e. The maximum absolute atomic E-state index is 13.0. The summed E-state index contributed by atoms with van der Waals surface area (Å²) >= 11 is 12.7. The Labute approximate surface area is 214 Å². The lowest BCUT2D eigenvalue weighted by atomic mass is 10.2. The average Bonchev–Trinajstić information content (AvgIpc) is 2.80. The van der Waals surface area contributed by atoms with Gasteiger partial charge >= 0.3 is 0 Å². The fourth-order valence-corrected chi connectivity index (χ4v) is 3.51. The lowest BCUT2D eigenvalue weighted by molar-refractivity contribution is -0.126. The van der Waals surface area contributed by atoms with E-state index in [1.165, 1.54) is 6.92 Å². The number of rotatable bonds is 13. The van der Waals surface area contributed by atoms with Gasteiger partial charge in [-0.15, -0.1) is 0 Å². The summed E-state index contributed by atoms with van der Waals surface area (Å²) in [5, 5.41) is 11.1. The van der Waals surface area contributed by atoms with E-state index in [1.54, 1.807) is 38.1 Å². The van der Waals surface area contributed by atoms with E-state index in [-0.39, 0.29) is 27.2 Å². The van der Waals surface area contributed by atoms with Gasteiger partial charge in [-0.3, -0.25) is 9.59 Å². The van der Waals surface area contributed by atoms with Gasteiger partial charge in [0.15, 0.2) is 23.0 Å². The first-order chi connectivity index (χ1) is 16.8. The normalized spacial score (nSPS) is 11.7. The van der Waals surface area contributed by atoms with E-state index in [1.807, 2.05) is 13.8 Å². The minimum Gasteiger partial charge on any atom is -0.494 e. The monoisotopic (exact) mass is 525 g/mol. The van der Waals surface area contributed by atoms with Gasteiger partial charge in [0.05, 0.1) is 37.1 Å². The molecule has 0 fully saturated rings. The van der Waals surface area contributed by atoms with Crippen LogP contribution in [0.3, 0.4) is 0 Å². The molecule has 0 aliphatic carbocycles. The van der Waals surface area contributed by atoms with E-state index in [2.05, 4.69) is 15.5 Å². The number of benzene rings is 2. The minimum absolute atomic E-state index is 0.152. The molecule has 0 heterocycles. The van der Waals surface area contributed by atoms with Crippen LogP contribution in [0.2, 0.25) is 10.0 Å². The molecule has 0 saturated heterocycles. The van der Waals surface area contributed by atoms with E-state index in [4.69, 9.17) is 42.1 Å². The summed E-state index contributed by atoms with van der Waals surface area (Å²) in [6, 6.07) is 4.89. The molecule has 1 unspecified atom stereocenters. The maximum atomic E-state index is 13.0. The van der Waals surface area contributed by atoms with Gasteiger partial charge in [0.25, 0.3) is 5.91 Å². The molecule has 1 amide bonds. The van der Waals surface area contributed by atoms with Crippen LogP contribution in [0.5, 0.6) is 23.0 Å². The van der Waals surface area contributed by atoms with Crippen LogP contribution >= 0.6 is 23.2 Å². The summed E-state index contributed by atoms with van der Waals surface area (Å²) in [5.41, 5.74) is 0.459. The van der Waals surface area contributed by atoms with E-state index < -0.39 is 17.7 Å². The van der Waals surface area contributed by atoms with Gasteiger partial charge < -0.3 is 24.3 Å². The Kier molecular flexibility index (Phi) is 11.1. The van der Waals surface area contributed by atoms with E-state index in [0.717, 1.165) is 0 Å². The number of ether oxygens (including phenoxy) is 4. The molecular formula is C24H29Cl2N3O6. The maximum Gasteiger partial charge on any atom is 0.258 e. The summed E-state index contributed by atoms with van der Waals surface area (Å²) < 4.78 is 22.2. The first-order valence-electron chi connectivity index (χ1n) is 11.2. The second-order valence-corrected chi connectivity index (χ2v) is 7.74. The molecule has 0 spiro atoms. The van der Waals surface area contributed by atoms with Crippen LogP contribution in [0, 0.1) is 0 Å². The Bertz CT molecular complexity index is 1080. The van der Waals surface area contributed by atoms with Crippen molar-refractivity contribution in [3.8, 4) is 23.0 Å². The summed E-state index contributed by atoms with van der Waals surface area (Å²) in [6.45, 7) is 9.95. The molecule has 1 N–H and O–H groups in total. The molecule has 0 bridgehead atoms. The molecule has 2 aromatic rings. The van der Waals surface area contributed by atoms with Crippen molar-refractivity contribution in [3.05, 3.63) is 34.3 Å². The molecule has 9 nitrogen and oxygen atoms in total. The van der Waals surface area contributed by atoms with Crippen molar-refractivity contribution >= 4 is 46.3 Å². The number of carbonyl (C=O) groups is 2. The molecule has 0 radical (unpaired) electrons. The number of halogens is 2. The molecule has 0 aliphatic heterocycles. The summed E-state index contributed by atoms with van der Waals surface area (Å²) in [7, 11) is 0. The van der Waals surface area contributed by atoms with Crippen LogP contribution in [0.1, 0.15) is 34.6 Å². The number of amides is 1. The largest absolute Gasteiger partial charge is 0.494 e. The average molecular weight is 526 g/mol. The van der Waals surface area contributed by atoms with Gasteiger partial charge in [0, 0.05) is 12.1 Å². The zero-order chi connectivity index (χ0) is 26.0. The molecule has 2 rings (SSSR count). The second kappa shape index (κ2) is 13.7. The third-order valence-electron chi connectivity index (χ3n) is 4.42. The predicted octanol–water partition coefficient (Wildman–Crippen LogP) is 6.27. The quantitative estimate of drug-likeness (QED) is 0.244. The molecule has 0 aromatic heterocycles. The van der Waals surface area contributed by atoms with Gasteiger partial charge in [-0.25, -0.2) is 0 Å². The standard InChI is InChI=1S/C24H29Cl2N3O6/c1-6-32-15-12-16(25)22(34-8-3)18(13-15)27-24(31)21(14(5)30)29-28-17-10-11-19(33-7-2)23(20(17)26)35-9-4/h10-13,21H,6-9H2,1-5H3,(H,27,31). The van der Waals surface area contributed by atoms with Crippen LogP contribution in [-0.4, -0.2) is 44.2 Å². The molecular weight excluding hydrogens is 497 g/mol. The van der Waals surface area contributed by atoms with Crippen LogP contribution < -0.4 is 24.3 Å². The molecule has 35 heavy (non-hydrogen) atoms. The molecule has 0 saturated carbocycles. The predicted molar refractivity (Wildman–Crippen MR) is 135 cm³/mol. The van der Waals surface area contributed by atoms with Crippen molar-refractivity contribution in [3.63, 3.8) is 0 Å². The third kappa shape index (κ3) is 7.47. The fourth-order valence-electron chi connectivity index (χ4n) is 3.00. The van der Waals surface area contributed by atoms with Gasteiger partial charge in [-0.1, -0.05) is 23.2 Å². The van der Waals surface area contributed by atoms with Gasteiger partial charge in [-0.2, -0.15) is 10.2 Å². The van der Waals surface area contributed by atoms with Crippen molar-refractivity contribution in [1.29, 1.82) is 0 Å². The number of nitrogens with one attached hydrogen (secondary N) is 1. The van der Waals surface area contributed by atoms with E-state index >= 15 is 0 Å². The summed E-state index contributed by atoms with van der Waals surface area (Å²) in [5.74, 6) is 0.194. The number of carbonyl (C=O) groups excluding carboxylic acids is 2. The number of hydrogen-bond acceptors (Lipinski definition) is 8. The van der Waals surface area contributed by atoms with Gasteiger partial charge in [0.1, 0.15) is 16.5 Å². The number of hydrogen-bond donors (Lipinski definition) is 1. The number of nitrogens with zero attached hydrogens (tertiary/aromatic N) is 2. The number of anilines is 1. The Hall–Kier alpha value is -3.04. The van der Waals surface area contributed by atoms with Crippen LogP contribution in [0.4, 0.5) is 11.4 Å². The van der Waals surface area contributed by atoms with Crippen molar-refractivity contribution < 1.29 is 28.5 Å². The number of ketones is 1. The molecule has 2 aromatic carbocycles. The second-order valence-electron chi connectivity index (χ2n) is 6.96. The highest BCUT2D eigenvalue weighted by Crippen LogP contribution is 2.42. The van der Waals surface area contributed by atoms with Gasteiger partial charge in [0.2, 0.25) is 6.04 Å². The summed E-state index contributed by atoms with van der Waals surface area (Å²) in [4.78, 5) is 25.3. The minimum atomic E-state index is -1.45. The highest BCUT2D eigenvalue weighted by Gasteiger charge is 2.26. The first kappa shape index (κ1) is 28.2. The molecule has 1 atom stereocenters. The Balaban J connectivity index is 2.37. The molecule has 190 valence electrons. The lowest BCUT2D eigenvalue weighted by Crippen LogP contribution is -2.32. The van der Waals surface area contributed by atoms with Crippen molar-refractivity contribution in [1.82, 2.24) is 0 Å². The van der Waals surface area contributed by atoms with Crippen molar-refractivity contribution in [2.45, 2.75) is 40.7 Å². The summed E-state index contributed by atoms with van der Waals surface area (Å²) in [6.07, 6.45) is 0. The number of azo groups is 1. The zero-order valence-corrected chi connectivity index (χ0v) is 21.8. The van der Waals surface area contributed by atoms with E-state index in [9.17, 15) is 9.59 Å². The highest BCUT2D eigenvalue weighted by atomic mass is 35.5. The SMILES string of the molecule is CCOc1cc(Cl)c(OCC)c(NC(=O)C(N=Nc2ccc(OCC)c(OCC)c2Cl)C(C)=O)c1. The Morgan fingerprint density at radius 1 is 0.914 bits per heavy atom. The first-order valence-corrected chi connectivity index (χ1v) is 11.9. The van der Waals surface area contributed by atoms with Gasteiger partial charge in [-0.05, 0) is 46.8 Å². The highest BCUT2D eigenvalue weighted by molar-refractivity contribution is 6.34. The lowest BCUT2D eigenvalue weighted by Gasteiger charge is -2.16. The van der Waals surface area contributed by atoms with Crippen LogP contribution in [-0.2, 0) is 9.59 Å². The van der Waals surface area contributed by atoms with Crippen LogP contribution in [0.25, 0.3) is 0 Å². The van der Waals surface area contributed by atoms with E-state index in [0.29, 0.717) is 43.7 Å². The topological polar surface area (TPSA) is 108 Å². The fraction of sp³-hybridized carbons (Fsp3) is 0.417. The van der Waals surface area contributed by atoms with Crippen molar-refractivity contribution in [2.75, 3.05) is 31.7 Å².